The average Bonchev–Trinajstić information content (AvgIpc) is 3.26. The van der Waals surface area contributed by atoms with E-state index < -0.39 is 0 Å². The van der Waals surface area contributed by atoms with E-state index in [4.69, 9.17) is 9.47 Å². The molecule has 0 aromatic rings. The van der Waals surface area contributed by atoms with Crippen molar-refractivity contribution in [2.45, 2.75) is 57.2 Å². The van der Waals surface area contributed by atoms with Gasteiger partial charge in [-0.2, -0.15) is 0 Å². The predicted octanol–water partition coefficient (Wildman–Crippen LogP) is 1.81. The van der Waals surface area contributed by atoms with Gasteiger partial charge in [-0.05, 0) is 32.1 Å². The summed E-state index contributed by atoms with van der Waals surface area (Å²) in [7, 11) is 0. The molecule has 2 aliphatic rings. The Morgan fingerprint density at radius 2 is 1.32 bits per heavy atom. The van der Waals surface area contributed by atoms with Crippen LogP contribution in [0.4, 0.5) is 4.79 Å². The van der Waals surface area contributed by atoms with Gasteiger partial charge in [0.1, 0.15) is 0 Å². The topological polar surface area (TPSA) is 66.2 Å². The number of nitrogens with one attached hydrogen (secondary N) is 2. The molecule has 2 atom stereocenters. The molecule has 2 N–H and O–H groups in total. The van der Waals surface area contributed by atoms with Crippen molar-refractivity contribution < 1.29 is 14.3 Å². The Hall–Kier alpha value is -0.810. The van der Waals surface area contributed by atoms with E-state index >= 15 is 0 Å². The first-order valence-electron chi connectivity index (χ1n) is 7.59. The van der Waals surface area contributed by atoms with Crippen molar-refractivity contribution in [3.8, 4) is 0 Å². The van der Waals surface area contributed by atoms with Gasteiger partial charge in [-0.1, -0.05) is 12.8 Å². The highest BCUT2D eigenvalue weighted by Crippen LogP contribution is 2.17. The van der Waals surface area contributed by atoms with Crippen molar-refractivity contribution in [1.82, 2.24) is 10.6 Å². The number of ether oxygens (including phenoxy) is 2. The number of rotatable bonds is 11. The SMILES string of the molecule is O=C(NCCCCCC1CO1)NCCCC[C@@H]1CO1. The van der Waals surface area contributed by atoms with Gasteiger partial charge in [-0.15, -0.1) is 0 Å². The Kier molecular flexibility index (Phi) is 6.44. The van der Waals surface area contributed by atoms with Crippen molar-refractivity contribution in [2.24, 2.45) is 0 Å². The maximum atomic E-state index is 11.4. The van der Waals surface area contributed by atoms with E-state index in [1.165, 1.54) is 19.3 Å². The standard InChI is InChI=1S/C14H26N2O3/c17-14(16-9-5-3-7-13-11-19-13)15-8-4-1-2-6-12-10-18-12/h12-13H,1-11H2,(H2,15,16,17)/t12?,13-/m1/s1. The maximum Gasteiger partial charge on any atom is 0.314 e. The highest BCUT2D eigenvalue weighted by Gasteiger charge is 2.21. The van der Waals surface area contributed by atoms with E-state index in [2.05, 4.69) is 10.6 Å². The molecule has 0 aliphatic carbocycles. The van der Waals surface area contributed by atoms with Gasteiger partial charge >= 0.3 is 6.03 Å². The van der Waals surface area contributed by atoms with Crippen LogP contribution in [0.15, 0.2) is 0 Å². The van der Waals surface area contributed by atoms with Gasteiger partial charge in [0.15, 0.2) is 0 Å². The summed E-state index contributed by atoms with van der Waals surface area (Å²) in [6.07, 6.45) is 8.96. The largest absolute Gasteiger partial charge is 0.373 e. The van der Waals surface area contributed by atoms with Gasteiger partial charge in [-0.3, -0.25) is 0 Å². The zero-order chi connectivity index (χ0) is 13.3. The normalized spacial score (nSPS) is 24.0. The summed E-state index contributed by atoms with van der Waals surface area (Å²) in [4.78, 5) is 11.4. The van der Waals surface area contributed by atoms with Gasteiger partial charge in [0.25, 0.3) is 0 Å². The number of hydrogen-bond acceptors (Lipinski definition) is 3. The number of hydrogen-bond donors (Lipinski definition) is 2. The third kappa shape index (κ3) is 8.06. The minimum absolute atomic E-state index is 0.0341. The Morgan fingerprint density at radius 1 is 0.842 bits per heavy atom. The van der Waals surface area contributed by atoms with Crippen LogP contribution in [0.5, 0.6) is 0 Å². The van der Waals surface area contributed by atoms with E-state index in [0.29, 0.717) is 12.2 Å². The minimum atomic E-state index is -0.0341. The first kappa shape index (κ1) is 14.6. The van der Waals surface area contributed by atoms with Crippen LogP contribution in [0.2, 0.25) is 0 Å². The molecule has 2 aliphatic heterocycles. The number of carbonyl (C=O) groups is 1. The van der Waals surface area contributed by atoms with Crippen LogP contribution in [0.3, 0.4) is 0 Å². The van der Waals surface area contributed by atoms with E-state index in [1.54, 1.807) is 0 Å². The zero-order valence-corrected chi connectivity index (χ0v) is 11.7. The number of unbranched alkanes of at least 4 members (excludes halogenated alkanes) is 3. The number of amides is 2. The van der Waals surface area contributed by atoms with Crippen molar-refractivity contribution >= 4 is 6.03 Å². The van der Waals surface area contributed by atoms with Crippen LogP contribution in [-0.4, -0.2) is 44.5 Å². The van der Waals surface area contributed by atoms with E-state index in [9.17, 15) is 4.79 Å². The molecule has 0 aromatic heterocycles. The molecule has 0 bridgehead atoms. The van der Waals surface area contributed by atoms with Crippen molar-refractivity contribution in [3.63, 3.8) is 0 Å². The molecule has 2 heterocycles. The first-order chi connectivity index (χ1) is 9.34. The molecule has 19 heavy (non-hydrogen) atoms. The molecule has 1 unspecified atom stereocenters. The second kappa shape index (κ2) is 8.38. The fourth-order valence-corrected chi connectivity index (χ4v) is 2.11. The maximum absolute atomic E-state index is 11.4. The lowest BCUT2D eigenvalue weighted by Gasteiger charge is -2.07. The summed E-state index contributed by atoms with van der Waals surface area (Å²) in [6, 6.07) is -0.0341. The third-order valence-corrected chi connectivity index (χ3v) is 3.53. The van der Waals surface area contributed by atoms with E-state index in [0.717, 1.165) is 52.0 Å². The number of epoxide rings is 2. The lowest BCUT2D eigenvalue weighted by molar-refractivity contribution is 0.240. The summed E-state index contributed by atoms with van der Waals surface area (Å²) >= 11 is 0. The van der Waals surface area contributed by atoms with Crippen LogP contribution in [0.1, 0.15) is 44.9 Å². The lowest BCUT2D eigenvalue weighted by Crippen LogP contribution is -2.36. The fraction of sp³-hybridized carbons (Fsp3) is 0.929. The van der Waals surface area contributed by atoms with Crippen LogP contribution in [0, 0.1) is 0 Å². The molecular weight excluding hydrogens is 244 g/mol. The molecule has 2 rings (SSSR count). The monoisotopic (exact) mass is 270 g/mol. The molecule has 2 amide bonds. The van der Waals surface area contributed by atoms with Gasteiger partial charge in [-0.25, -0.2) is 4.79 Å². The Labute approximate surface area is 115 Å². The van der Waals surface area contributed by atoms with Crippen LogP contribution in [0.25, 0.3) is 0 Å². The van der Waals surface area contributed by atoms with Gasteiger partial charge in [0.05, 0.1) is 25.4 Å². The van der Waals surface area contributed by atoms with Crippen molar-refractivity contribution in [2.75, 3.05) is 26.3 Å². The second-order valence-electron chi connectivity index (χ2n) is 5.44. The summed E-state index contributed by atoms with van der Waals surface area (Å²) < 4.78 is 10.3. The molecule has 0 spiro atoms. The molecule has 2 fully saturated rings. The van der Waals surface area contributed by atoms with Crippen LogP contribution < -0.4 is 10.6 Å². The Bertz CT molecular complexity index is 265. The average molecular weight is 270 g/mol. The van der Waals surface area contributed by atoms with Gasteiger partial charge < -0.3 is 20.1 Å². The molecule has 2 saturated heterocycles. The molecule has 110 valence electrons. The molecule has 5 heteroatoms. The minimum Gasteiger partial charge on any atom is -0.373 e. The summed E-state index contributed by atoms with van der Waals surface area (Å²) in [6.45, 7) is 3.42. The summed E-state index contributed by atoms with van der Waals surface area (Å²) in [5.41, 5.74) is 0. The first-order valence-corrected chi connectivity index (χ1v) is 7.59. The third-order valence-electron chi connectivity index (χ3n) is 3.53. The second-order valence-corrected chi connectivity index (χ2v) is 5.44. The molecule has 5 nitrogen and oxygen atoms in total. The Morgan fingerprint density at radius 3 is 1.84 bits per heavy atom. The number of carbonyl (C=O) groups excluding carboxylic acids is 1. The fourth-order valence-electron chi connectivity index (χ4n) is 2.11. The zero-order valence-electron chi connectivity index (χ0n) is 11.7. The molecule has 0 aromatic carbocycles. The quantitative estimate of drug-likeness (QED) is 0.444. The van der Waals surface area contributed by atoms with Gasteiger partial charge in [0.2, 0.25) is 0 Å². The van der Waals surface area contributed by atoms with Crippen LogP contribution >= 0.6 is 0 Å². The highest BCUT2D eigenvalue weighted by atomic mass is 16.6. The van der Waals surface area contributed by atoms with Gasteiger partial charge in [0, 0.05) is 13.1 Å². The highest BCUT2D eigenvalue weighted by molar-refractivity contribution is 5.73. The van der Waals surface area contributed by atoms with Crippen molar-refractivity contribution in [1.29, 1.82) is 0 Å². The van der Waals surface area contributed by atoms with Crippen molar-refractivity contribution in [3.05, 3.63) is 0 Å². The summed E-state index contributed by atoms with van der Waals surface area (Å²) in [5, 5.41) is 5.78. The summed E-state index contributed by atoms with van der Waals surface area (Å²) in [5.74, 6) is 0. The Balaban J connectivity index is 1.28. The van der Waals surface area contributed by atoms with Crippen LogP contribution in [-0.2, 0) is 9.47 Å². The number of urea groups is 1. The van der Waals surface area contributed by atoms with E-state index in [-0.39, 0.29) is 6.03 Å². The smallest absolute Gasteiger partial charge is 0.314 e. The van der Waals surface area contributed by atoms with E-state index in [1.807, 2.05) is 0 Å². The molecular formula is C14H26N2O3. The lowest BCUT2D eigenvalue weighted by atomic mass is 10.1. The predicted molar refractivity (Wildman–Crippen MR) is 73.2 cm³/mol. The molecule has 0 saturated carbocycles. The molecule has 0 radical (unpaired) electrons.